The molecule has 0 bridgehead atoms. The Morgan fingerprint density at radius 2 is 1.49 bits per heavy atom. The number of benzene rings is 4. The number of carbonyl (C=O) groups is 1. The number of anilines is 1. The van der Waals surface area contributed by atoms with Gasteiger partial charge in [0, 0.05) is 49.2 Å². The number of rotatable bonds is 7. The van der Waals surface area contributed by atoms with Crippen molar-refractivity contribution in [1.29, 1.82) is 0 Å². The number of nitrogens with zero attached hydrogens (tertiary/aromatic N) is 4. The summed E-state index contributed by atoms with van der Waals surface area (Å²) in [6.07, 6.45) is 0. The van der Waals surface area contributed by atoms with E-state index < -0.39 is 0 Å². The number of hydrogen-bond donors (Lipinski definition) is 0. The van der Waals surface area contributed by atoms with E-state index in [1.807, 2.05) is 47.4 Å². The van der Waals surface area contributed by atoms with Gasteiger partial charge >= 0.3 is 0 Å². The predicted molar refractivity (Wildman–Crippen MR) is 187 cm³/mol. The fraction of sp³-hybridized carbons (Fsp3) is 0.289. The fourth-order valence-electron chi connectivity index (χ4n) is 6.01. The Hall–Kier alpha value is -4.76. The second kappa shape index (κ2) is 12.8. The molecule has 0 N–H and O–H groups in total. The Morgan fingerprint density at radius 1 is 0.830 bits per heavy atom. The minimum absolute atomic E-state index is 0.0265. The molecule has 0 radical (unpaired) electrons. The molecule has 0 aliphatic carbocycles. The van der Waals surface area contributed by atoms with Crippen LogP contribution < -0.4 is 19.9 Å². The maximum Gasteiger partial charge on any atom is 0.262 e. The number of piperazine rings is 1. The normalized spacial score (nSPS) is 14.5. The summed E-state index contributed by atoms with van der Waals surface area (Å²) in [6, 6.07) is 30.0. The SMILES string of the molecule is CC(C)(C)c1ccc(CSc2nc3cc4c(cc3c(=O)n2Cc2ccc(C(=O)N3CCN(c5ccccc5)CC3)cc2)OCO4)cc1. The number of carbonyl (C=O) groups excluding carboxylic acids is 1. The van der Waals surface area contributed by atoms with Gasteiger partial charge in [-0.15, -0.1) is 0 Å². The monoisotopic (exact) mass is 646 g/mol. The molecule has 9 heteroatoms. The van der Waals surface area contributed by atoms with Gasteiger partial charge in [-0.3, -0.25) is 14.2 Å². The van der Waals surface area contributed by atoms with Crippen LogP contribution in [0, 0.1) is 0 Å². The standard InChI is InChI=1S/C38H38N4O4S/c1-38(2,3)29-15-11-27(12-16-29)24-47-37-39-32-22-34-33(45-25-46-34)21-31(32)36(44)42(37)23-26-9-13-28(14-10-26)35(43)41-19-17-40(18-20-41)30-7-5-4-6-8-30/h4-16,21-22H,17-20,23-25H2,1-3H3. The van der Waals surface area contributed by atoms with E-state index in [2.05, 4.69) is 62.1 Å². The number of hydrogen-bond acceptors (Lipinski definition) is 7. The molecule has 5 aromatic rings. The van der Waals surface area contributed by atoms with Gasteiger partial charge in [0.05, 0.1) is 17.4 Å². The van der Waals surface area contributed by atoms with Crippen molar-refractivity contribution in [3.63, 3.8) is 0 Å². The van der Waals surface area contributed by atoms with Crippen LogP contribution in [-0.4, -0.2) is 53.3 Å². The summed E-state index contributed by atoms with van der Waals surface area (Å²) >= 11 is 1.54. The second-order valence-electron chi connectivity index (χ2n) is 13.1. The molecule has 0 saturated carbocycles. The van der Waals surface area contributed by atoms with Crippen LogP contribution in [0.2, 0.25) is 0 Å². The number of amides is 1. The van der Waals surface area contributed by atoms with Crippen LogP contribution in [0.25, 0.3) is 10.9 Å². The van der Waals surface area contributed by atoms with Gasteiger partial charge < -0.3 is 19.3 Å². The Labute approximate surface area is 278 Å². The number of fused-ring (bicyclic) bond motifs is 2. The van der Waals surface area contributed by atoms with Crippen LogP contribution in [0.4, 0.5) is 5.69 Å². The first kappa shape index (κ1) is 30.9. The zero-order chi connectivity index (χ0) is 32.5. The van der Waals surface area contributed by atoms with Crippen molar-refractivity contribution in [2.45, 2.75) is 43.6 Å². The highest BCUT2D eigenvalue weighted by Crippen LogP contribution is 2.35. The Kier molecular flexibility index (Phi) is 8.40. The highest BCUT2D eigenvalue weighted by molar-refractivity contribution is 7.98. The summed E-state index contributed by atoms with van der Waals surface area (Å²) in [6.45, 7) is 10.0. The summed E-state index contributed by atoms with van der Waals surface area (Å²) in [5.74, 6) is 1.84. The van der Waals surface area contributed by atoms with Crippen LogP contribution in [0.3, 0.4) is 0 Å². The van der Waals surface area contributed by atoms with Gasteiger partial charge in [0.1, 0.15) is 0 Å². The van der Waals surface area contributed by atoms with Crippen LogP contribution in [0.5, 0.6) is 11.5 Å². The van der Waals surface area contributed by atoms with Crippen LogP contribution >= 0.6 is 11.8 Å². The maximum atomic E-state index is 14.0. The third-order valence-corrected chi connectivity index (χ3v) is 9.88. The molecule has 2 aliphatic heterocycles. The van der Waals surface area contributed by atoms with E-state index in [0.29, 0.717) is 58.5 Å². The van der Waals surface area contributed by atoms with Crippen LogP contribution in [0.15, 0.2) is 101 Å². The van der Waals surface area contributed by atoms with E-state index in [0.717, 1.165) is 24.2 Å². The lowest BCUT2D eigenvalue weighted by Gasteiger charge is -2.36. The van der Waals surface area contributed by atoms with E-state index in [1.54, 1.807) is 16.7 Å². The summed E-state index contributed by atoms with van der Waals surface area (Å²) in [7, 11) is 0. The molecular formula is C38H38N4O4S. The average molecular weight is 647 g/mol. The maximum absolute atomic E-state index is 14.0. The molecule has 1 fully saturated rings. The second-order valence-corrected chi connectivity index (χ2v) is 14.0. The lowest BCUT2D eigenvalue weighted by atomic mass is 9.87. The van der Waals surface area contributed by atoms with E-state index in [-0.39, 0.29) is 23.7 Å². The van der Waals surface area contributed by atoms with Crippen molar-refractivity contribution < 1.29 is 14.3 Å². The summed E-state index contributed by atoms with van der Waals surface area (Å²) < 4.78 is 12.8. The number of ether oxygens (including phenoxy) is 2. The van der Waals surface area contributed by atoms with Gasteiger partial charge in [0.2, 0.25) is 6.79 Å². The molecule has 8 nitrogen and oxygen atoms in total. The first-order valence-electron chi connectivity index (χ1n) is 16.0. The van der Waals surface area contributed by atoms with E-state index >= 15 is 0 Å². The molecule has 1 aromatic heterocycles. The molecule has 1 saturated heterocycles. The third-order valence-electron chi connectivity index (χ3n) is 8.83. The van der Waals surface area contributed by atoms with Crippen molar-refractivity contribution in [2.75, 3.05) is 37.9 Å². The lowest BCUT2D eigenvalue weighted by molar-refractivity contribution is 0.0746. The first-order valence-corrected chi connectivity index (χ1v) is 17.0. The average Bonchev–Trinajstić information content (AvgIpc) is 3.56. The molecule has 3 heterocycles. The zero-order valence-corrected chi connectivity index (χ0v) is 27.8. The number of para-hydroxylation sites is 1. The van der Waals surface area contributed by atoms with Crippen LogP contribution in [0.1, 0.15) is 47.8 Å². The van der Waals surface area contributed by atoms with Crippen molar-refractivity contribution >= 4 is 34.3 Å². The van der Waals surface area contributed by atoms with E-state index in [9.17, 15) is 9.59 Å². The highest BCUT2D eigenvalue weighted by atomic mass is 32.2. The topological polar surface area (TPSA) is 76.9 Å². The molecule has 0 atom stereocenters. The number of thioether (sulfide) groups is 1. The molecule has 47 heavy (non-hydrogen) atoms. The Balaban J connectivity index is 1.11. The predicted octanol–water partition coefficient (Wildman–Crippen LogP) is 6.73. The van der Waals surface area contributed by atoms with Gasteiger partial charge in [-0.05, 0) is 52.4 Å². The van der Waals surface area contributed by atoms with Crippen molar-refractivity contribution in [3.05, 3.63) is 124 Å². The number of aromatic nitrogens is 2. The molecule has 240 valence electrons. The van der Waals surface area contributed by atoms with Gasteiger partial charge in [-0.25, -0.2) is 4.98 Å². The van der Waals surface area contributed by atoms with Gasteiger partial charge in [0.25, 0.3) is 11.5 Å². The molecule has 7 rings (SSSR count). The van der Waals surface area contributed by atoms with Gasteiger partial charge in [-0.2, -0.15) is 0 Å². The summed E-state index contributed by atoms with van der Waals surface area (Å²) in [4.78, 5) is 36.5. The van der Waals surface area contributed by atoms with E-state index in [4.69, 9.17) is 14.5 Å². The fourth-order valence-corrected chi connectivity index (χ4v) is 6.97. The third kappa shape index (κ3) is 6.58. The van der Waals surface area contributed by atoms with Crippen molar-refractivity contribution in [2.24, 2.45) is 0 Å². The minimum atomic E-state index is -0.143. The lowest BCUT2D eigenvalue weighted by Crippen LogP contribution is -2.48. The van der Waals surface area contributed by atoms with E-state index in [1.165, 1.54) is 23.0 Å². The van der Waals surface area contributed by atoms with Crippen molar-refractivity contribution in [3.8, 4) is 11.5 Å². The molecular weight excluding hydrogens is 609 g/mol. The first-order chi connectivity index (χ1) is 22.7. The quantitative estimate of drug-likeness (QED) is 0.143. The van der Waals surface area contributed by atoms with Gasteiger partial charge in [-0.1, -0.05) is 87.1 Å². The van der Waals surface area contributed by atoms with Crippen molar-refractivity contribution in [1.82, 2.24) is 14.5 Å². The molecule has 4 aromatic carbocycles. The molecule has 1 amide bonds. The minimum Gasteiger partial charge on any atom is -0.454 e. The van der Waals surface area contributed by atoms with Gasteiger partial charge in [0.15, 0.2) is 16.7 Å². The van der Waals surface area contributed by atoms with Crippen LogP contribution in [-0.2, 0) is 17.7 Å². The Morgan fingerprint density at radius 3 is 2.17 bits per heavy atom. The Bertz CT molecular complexity index is 1960. The summed E-state index contributed by atoms with van der Waals surface area (Å²) in [5, 5.41) is 1.10. The molecule has 2 aliphatic rings. The smallest absolute Gasteiger partial charge is 0.262 e. The zero-order valence-electron chi connectivity index (χ0n) is 26.9. The largest absolute Gasteiger partial charge is 0.454 e. The summed E-state index contributed by atoms with van der Waals surface area (Å²) in [5.41, 5.74) is 5.69. The molecule has 0 spiro atoms. The highest BCUT2D eigenvalue weighted by Gasteiger charge is 2.23. The molecule has 0 unspecified atom stereocenters.